The number of carbonyl (C=O) groups excluding carboxylic acids is 2. The molecule has 484 valence electrons. The molecule has 0 aliphatic carbocycles. The van der Waals surface area contributed by atoms with Gasteiger partial charge in [0.25, 0.3) is 7.82 Å². The first-order valence-electron chi connectivity index (χ1n) is 35.7. The fraction of sp³-hybridized carbons (Fsp3) is 0.889. The summed E-state index contributed by atoms with van der Waals surface area (Å²) in [5.41, 5.74) is 0. The average molecular weight is 1180 g/mol. The predicted octanol–water partition coefficient (Wildman–Crippen LogP) is 22.4. The van der Waals surface area contributed by atoms with Crippen LogP contribution in [0.3, 0.4) is 0 Å². The van der Waals surface area contributed by atoms with Crippen LogP contribution in [0.5, 0.6) is 0 Å². The van der Waals surface area contributed by atoms with Gasteiger partial charge in [0, 0.05) is 12.8 Å². The normalized spacial score (nSPS) is 13.3. The van der Waals surface area contributed by atoms with E-state index in [-0.39, 0.29) is 32.0 Å². The number of hydrogen-bond donors (Lipinski definition) is 0. The Balaban J connectivity index is 3.86. The molecule has 82 heavy (non-hydrogen) atoms. The Kier molecular flexibility index (Phi) is 62.3. The van der Waals surface area contributed by atoms with Crippen LogP contribution in [0.1, 0.15) is 361 Å². The number of hydrogen-bond acceptors (Lipinski definition) is 8. The van der Waals surface area contributed by atoms with E-state index >= 15 is 0 Å². The van der Waals surface area contributed by atoms with Gasteiger partial charge in [-0.15, -0.1) is 0 Å². The molecule has 0 fully saturated rings. The minimum absolute atomic E-state index is 0.0268. The van der Waals surface area contributed by atoms with Crippen molar-refractivity contribution in [2.24, 2.45) is 0 Å². The van der Waals surface area contributed by atoms with Crippen molar-refractivity contribution in [3.05, 3.63) is 36.5 Å². The highest BCUT2D eigenvalue weighted by Crippen LogP contribution is 2.38. The maximum atomic E-state index is 12.8. The van der Waals surface area contributed by atoms with Gasteiger partial charge in [-0.05, 0) is 51.4 Å². The lowest BCUT2D eigenvalue weighted by molar-refractivity contribution is -0.870. The number of phosphoric acid groups is 1. The van der Waals surface area contributed by atoms with E-state index in [0.29, 0.717) is 17.4 Å². The van der Waals surface area contributed by atoms with E-state index in [0.717, 1.165) is 44.9 Å². The van der Waals surface area contributed by atoms with Gasteiger partial charge in [0.05, 0.1) is 27.7 Å². The van der Waals surface area contributed by atoms with Crippen molar-refractivity contribution in [3.8, 4) is 0 Å². The average Bonchev–Trinajstić information content (AvgIpc) is 3.45. The minimum Gasteiger partial charge on any atom is -0.756 e. The number of phosphoric ester groups is 1. The zero-order valence-electron chi connectivity index (χ0n) is 55.2. The summed E-state index contributed by atoms with van der Waals surface area (Å²) in [6, 6.07) is 0. The molecule has 0 amide bonds. The van der Waals surface area contributed by atoms with Crippen LogP contribution in [0.2, 0.25) is 0 Å². The van der Waals surface area contributed by atoms with Crippen molar-refractivity contribution in [3.63, 3.8) is 0 Å². The summed E-state index contributed by atoms with van der Waals surface area (Å²) in [5, 5.41) is 0. The highest BCUT2D eigenvalue weighted by Gasteiger charge is 2.22. The molecule has 2 atom stereocenters. The predicted molar refractivity (Wildman–Crippen MR) is 351 cm³/mol. The molecule has 10 heteroatoms. The third-order valence-electron chi connectivity index (χ3n) is 16.2. The van der Waals surface area contributed by atoms with E-state index in [2.05, 4.69) is 50.3 Å². The summed E-state index contributed by atoms with van der Waals surface area (Å²) in [6.45, 7) is 4.29. The number of unbranched alkanes of at least 4 members (excludes halogenated alkanes) is 47. The number of nitrogens with zero attached hydrogens (tertiary/aromatic N) is 1. The van der Waals surface area contributed by atoms with Gasteiger partial charge in [-0.25, -0.2) is 0 Å². The standard InChI is InChI=1S/C72H138NO8P/c1-6-8-10-12-14-16-18-20-22-24-25-26-27-28-29-30-31-32-33-34-35-36-37-38-39-40-41-42-43-44-45-46-47-49-51-53-55-57-59-61-63-65-72(75)81-70(69-80-82(76,77)79-67-66-73(3,4)5)68-78-71(74)64-62-60-58-56-54-52-50-48-23-21-19-17-15-13-11-9-7-2/h18,20,24-25,27-28,70H,6-17,19,21-23,26,29-69H2,1-5H3/b20-18-,25-24-,28-27-. The largest absolute Gasteiger partial charge is 0.756 e. The van der Waals surface area contributed by atoms with Crippen LogP contribution < -0.4 is 4.89 Å². The SMILES string of the molecule is CCCCCCC/C=C\C/C=C\C/C=C\CCCCCCCCCCCCCCCCCCCCCCCCCCCCC(=O)OC(COC(=O)CCCCCCCCCCCCCCCCCCC)COP(=O)([O-])OCC[N+](C)(C)C. The second-order valence-electron chi connectivity index (χ2n) is 25.6. The fourth-order valence-electron chi connectivity index (χ4n) is 10.7. The van der Waals surface area contributed by atoms with Gasteiger partial charge >= 0.3 is 11.9 Å². The smallest absolute Gasteiger partial charge is 0.306 e. The number of quaternary nitrogens is 1. The van der Waals surface area contributed by atoms with Crippen molar-refractivity contribution < 1.29 is 42.1 Å². The van der Waals surface area contributed by atoms with Crippen LogP contribution in [0.25, 0.3) is 0 Å². The van der Waals surface area contributed by atoms with Gasteiger partial charge in [-0.1, -0.05) is 333 Å². The molecule has 0 bridgehead atoms. The van der Waals surface area contributed by atoms with Crippen LogP contribution in [0.4, 0.5) is 0 Å². The summed E-state index contributed by atoms with van der Waals surface area (Å²) >= 11 is 0. The highest BCUT2D eigenvalue weighted by atomic mass is 31.2. The number of carbonyl (C=O) groups is 2. The molecule has 0 saturated heterocycles. The summed E-state index contributed by atoms with van der Waals surface area (Å²) in [5.74, 6) is -0.810. The van der Waals surface area contributed by atoms with E-state index in [1.165, 1.54) is 283 Å². The van der Waals surface area contributed by atoms with Crippen LogP contribution in [-0.4, -0.2) is 70.0 Å². The number of rotatable bonds is 67. The summed E-state index contributed by atoms with van der Waals surface area (Å²) in [7, 11) is 1.19. The molecule has 2 unspecified atom stereocenters. The molecular weight excluding hydrogens is 1040 g/mol. The van der Waals surface area contributed by atoms with Gasteiger partial charge in [0.1, 0.15) is 19.8 Å². The Bertz CT molecular complexity index is 1480. The zero-order chi connectivity index (χ0) is 59.8. The maximum absolute atomic E-state index is 12.8. The lowest BCUT2D eigenvalue weighted by atomic mass is 10.0. The molecule has 0 aromatic carbocycles. The zero-order valence-corrected chi connectivity index (χ0v) is 56.1. The molecule has 9 nitrogen and oxygen atoms in total. The fourth-order valence-corrected chi connectivity index (χ4v) is 11.4. The van der Waals surface area contributed by atoms with Gasteiger partial charge < -0.3 is 27.9 Å². The second-order valence-corrected chi connectivity index (χ2v) is 27.0. The van der Waals surface area contributed by atoms with Gasteiger partial charge in [-0.3, -0.25) is 14.2 Å². The molecule has 0 heterocycles. The molecule has 0 N–H and O–H groups in total. The van der Waals surface area contributed by atoms with E-state index in [1.54, 1.807) is 0 Å². The summed E-state index contributed by atoms with van der Waals surface area (Å²) in [6.07, 6.45) is 81.1. The van der Waals surface area contributed by atoms with Crippen molar-refractivity contribution in [2.45, 2.75) is 367 Å². The van der Waals surface area contributed by atoms with Crippen LogP contribution in [-0.2, 0) is 32.7 Å². The summed E-state index contributed by atoms with van der Waals surface area (Å²) < 4.78 is 34.3. The van der Waals surface area contributed by atoms with Gasteiger partial charge in [0.2, 0.25) is 0 Å². The Morgan fingerprint density at radius 1 is 0.378 bits per heavy atom. The third-order valence-corrected chi connectivity index (χ3v) is 17.1. The van der Waals surface area contributed by atoms with Crippen molar-refractivity contribution in [1.29, 1.82) is 0 Å². The molecule has 0 saturated carbocycles. The van der Waals surface area contributed by atoms with Crippen LogP contribution >= 0.6 is 7.82 Å². The lowest BCUT2D eigenvalue weighted by Crippen LogP contribution is -2.37. The van der Waals surface area contributed by atoms with E-state index < -0.39 is 26.5 Å². The Hall–Kier alpha value is -1.77. The molecule has 0 aromatic rings. The number of esters is 2. The molecule has 0 aliphatic heterocycles. The monoisotopic (exact) mass is 1180 g/mol. The number of ether oxygens (including phenoxy) is 2. The number of allylic oxidation sites excluding steroid dienone is 6. The number of likely N-dealkylation sites (N-methyl/N-ethyl adjacent to an activating group) is 1. The van der Waals surface area contributed by atoms with E-state index in [9.17, 15) is 19.0 Å². The first-order valence-corrected chi connectivity index (χ1v) is 37.2. The van der Waals surface area contributed by atoms with Crippen molar-refractivity contribution >= 4 is 19.8 Å². The molecule has 0 aromatic heterocycles. The van der Waals surface area contributed by atoms with Crippen molar-refractivity contribution in [2.75, 3.05) is 47.5 Å². The molecule has 0 rings (SSSR count). The quantitative estimate of drug-likeness (QED) is 0.0195. The highest BCUT2D eigenvalue weighted by molar-refractivity contribution is 7.45. The van der Waals surface area contributed by atoms with E-state index in [4.69, 9.17) is 18.5 Å². The second kappa shape index (κ2) is 63.7. The van der Waals surface area contributed by atoms with Gasteiger partial charge in [0.15, 0.2) is 6.10 Å². The Morgan fingerprint density at radius 2 is 0.659 bits per heavy atom. The molecule has 0 radical (unpaired) electrons. The van der Waals surface area contributed by atoms with Gasteiger partial charge in [-0.2, -0.15) is 0 Å². The Morgan fingerprint density at radius 3 is 0.976 bits per heavy atom. The first-order chi connectivity index (χ1) is 40.0. The molecular formula is C72H138NO8P. The Labute approximate surface area is 510 Å². The first kappa shape index (κ1) is 80.2. The maximum Gasteiger partial charge on any atom is 0.306 e. The topological polar surface area (TPSA) is 111 Å². The third kappa shape index (κ3) is 67.4. The lowest BCUT2D eigenvalue weighted by Gasteiger charge is -2.28. The van der Waals surface area contributed by atoms with E-state index in [1.807, 2.05) is 21.1 Å². The summed E-state index contributed by atoms with van der Waals surface area (Å²) in [4.78, 5) is 38.0. The van der Waals surface area contributed by atoms with Crippen LogP contribution in [0.15, 0.2) is 36.5 Å². The van der Waals surface area contributed by atoms with Crippen LogP contribution in [0, 0.1) is 0 Å². The minimum atomic E-state index is -4.63. The molecule has 0 aliphatic rings. The van der Waals surface area contributed by atoms with Crippen molar-refractivity contribution in [1.82, 2.24) is 0 Å². The molecule has 0 spiro atoms.